The lowest BCUT2D eigenvalue weighted by Crippen LogP contribution is -2.21. The molecule has 2 aromatic rings. The van der Waals surface area contributed by atoms with Gasteiger partial charge in [-0.05, 0) is 35.3 Å². The van der Waals surface area contributed by atoms with E-state index in [2.05, 4.69) is 10.6 Å². The van der Waals surface area contributed by atoms with Gasteiger partial charge in [0.2, 0.25) is 0 Å². The van der Waals surface area contributed by atoms with Crippen molar-refractivity contribution in [3.05, 3.63) is 47.7 Å². The standard InChI is InChI=1S/C15H12N2O2S/c1-19-13-7-6-9(10-4-2-3-5-11(10)13)8-12-14(18)17-15(20)16-12/h2-8H,1H3,(H2,16,17,18,20). The Bertz CT molecular complexity index is 753. The Morgan fingerprint density at radius 1 is 1.10 bits per heavy atom. The van der Waals surface area contributed by atoms with Crippen LogP contribution >= 0.6 is 12.2 Å². The summed E-state index contributed by atoms with van der Waals surface area (Å²) in [6.07, 6.45) is 1.79. The first kappa shape index (κ1) is 12.6. The lowest BCUT2D eigenvalue weighted by Gasteiger charge is -2.08. The molecule has 2 aromatic carbocycles. The van der Waals surface area contributed by atoms with Crippen molar-refractivity contribution in [2.24, 2.45) is 0 Å². The second kappa shape index (κ2) is 4.94. The van der Waals surface area contributed by atoms with E-state index < -0.39 is 0 Å². The van der Waals surface area contributed by atoms with E-state index in [4.69, 9.17) is 17.0 Å². The molecule has 1 fully saturated rings. The summed E-state index contributed by atoms with van der Waals surface area (Å²) in [6.45, 7) is 0. The Morgan fingerprint density at radius 2 is 1.85 bits per heavy atom. The highest BCUT2D eigenvalue weighted by Crippen LogP contribution is 2.29. The molecule has 4 nitrogen and oxygen atoms in total. The molecular formula is C15H12N2O2S. The van der Waals surface area contributed by atoms with Gasteiger partial charge < -0.3 is 10.1 Å². The molecule has 1 heterocycles. The third kappa shape index (κ3) is 2.12. The molecule has 1 aliphatic heterocycles. The van der Waals surface area contributed by atoms with E-state index in [0.29, 0.717) is 10.8 Å². The fourth-order valence-electron chi connectivity index (χ4n) is 2.24. The zero-order valence-electron chi connectivity index (χ0n) is 10.8. The van der Waals surface area contributed by atoms with E-state index >= 15 is 0 Å². The second-order valence-electron chi connectivity index (χ2n) is 4.37. The van der Waals surface area contributed by atoms with Crippen molar-refractivity contribution in [2.75, 3.05) is 7.11 Å². The first-order chi connectivity index (χ1) is 9.69. The SMILES string of the molecule is COc1ccc(C=C2NC(=S)NC2=O)c2ccccc12. The second-order valence-corrected chi connectivity index (χ2v) is 4.78. The molecule has 1 aliphatic rings. The van der Waals surface area contributed by atoms with Crippen LogP contribution < -0.4 is 15.4 Å². The monoisotopic (exact) mass is 284 g/mol. The van der Waals surface area contributed by atoms with Crippen LogP contribution in [0.25, 0.3) is 16.8 Å². The largest absolute Gasteiger partial charge is 0.496 e. The van der Waals surface area contributed by atoms with Crippen LogP contribution in [-0.2, 0) is 4.79 Å². The van der Waals surface area contributed by atoms with Crippen molar-refractivity contribution in [1.82, 2.24) is 10.6 Å². The molecule has 0 bridgehead atoms. The molecule has 0 spiro atoms. The van der Waals surface area contributed by atoms with Gasteiger partial charge in [0.25, 0.3) is 5.91 Å². The Labute approximate surface area is 121 Å². The van der Waals surface area contributed by atoms with Crippen LogP contribution in [0.3, 0.4) is 0 Å². The van der Waals surface area contributed by atoms with Gasteiger partial charge in [0.1, 0.15) is 11.4 Å². The summed E-state index contributed by atoms with van der Waals surface area (Å²) in [5.74, 6) is 0.594. The van der Waals surface area contributed by atoms with Crippen molar-refractivity contribution in [2.45, 2.75) is 0 Å². The van der Waals surface area contributed by atoms with Gasteiger partial charge in [-0.2, -0.15) is 0 Å². The third-order valence-electron chi connectivity index (χ3n) is 3.16. The van der Waals surface area contributed by atoms with E-state index in [1.165, 1.54) is 0 Å². The molecular weight excluding hydrogens is 272 g/mol. The number of carbonyl (C=O) groups excluding carboxylic acids is 1. The van der Waals surface area contributed by atoms with Gasteiger partial charge in [-0.1, -0.05) is 30.3 Å². The smallest absolute Gasteiger partial charge is 0.273 e. The predicted molar refractivity (Wildman–Crippen MR) is 82.4 cm³/mol. The number of hydrogen-bond donors (Lipinski definition) is 2. The van der Waals surface area contributed by atoms with Crippen molar-refractivity contribution < 1.29 is 9.53 Å². The average molecular weight is 284 g/mol. The van der Waals surface area contributed by atoms with Gasteiger partial charge in [-0.3, -0.25) is 10.1 Å². The van der Waals surface area contributed by atoms with Crippen molar-refractivity contribution in [3.8, 4) is 5.75 Å². The molecule has 3 rings (SSSR count). The first-order valence-corrected chi connectivity index (χ1v) is 6.49. The molecule has 0 unspecified atom stereocenters. The number of ether oxygens (including phenoxy) is 1. The number of rotatable bonds is 2. The summed E-state index contributed by atoms with van der Waals surface area (Å²) in [4.78, 5) is 11.7. The van der Waals surface area contributed by atoms with Crippen LogP contribution in [0.15, 0.2) is 42.1 Å². The molecule has 1 saturated heterocycles. The Balaban J connectivity index is 2.16. The van der Waals surface area contributed by atoms with Gasteiger partial charge in [0, 0.05) is 5.39 Å². The lowest BCUT2D eigenvalue weighted by molar-refractivity contribution is -0.115. The minimum absolute atomic E-state index is 0.213. The number of benzene rings is 2. The number of nitrogens with one attached hydrogen (secondary N) is 2. The van der Waals surface area contributed by atoms with Crippen LogP contribution in [-0.4, -0.2) is 18.1 Å². The van der Waals surface area contributed by atoms with Crippen LogP contribution in [0.4, 0.5) is 0 Å². The van der Waals surface area contributed by atoms with E-state index in [-0.39, 0.29) is 5.91 Å². The van der Waals surface area contributed by atoms with Crippen LogP contribution in [0.2, 0.25) is 0 Å². The highest BCUT2D eigenvalue weighted by atomic mass is 32.1. The predicted octanol–water partition coefficient (Wildman–Crippen LogP) is 2.19. The molecule has 0 saturated carbocycles. The van der Waals surface area contributed by atoms with Crippen LogP contribution in [0.5, 0.6) is 5.75 Å². The van der Waals surface area contributed by atoms with Crippen molar-refractivity contribution in [1.29, 1.82) is 0 Å². The zero-order valence-corrected chi connectivity index (χ0v) is 11.6. The maximum absolute atomic E-state index is 11.7. The number of hydrogen-bond acceptors (Lipinski definition) is 3. The van der Waals surface area contributed by atoms with E-state index in [1.807, 2.05) is 36.4 Å². The lowest BCUT2D eigenvalue weighted by atomic mass is 10.0. The summed E-state index contributed by atoms with van der Waals surface area (Å²) in [5.41, 5.74) is 1.38. The van der Waals surface area contributed by atoms with Crippen LogP contribution in [0, 0.1) is 0 Å². The number of thiocarbonyl (C=S) groups is 1. The minimum Gasteiger partial charge on any atom is -0.496 e. The molecule has 0 atom stereocenters. The van der Waals surface area contributed by atoms with Gasteiger partial charge >= 0.3 is 0 Å². The van der Waals surface area contributed by atoms with E-state index in [1.54, 1.807) is 13.2 Å². The summed E-state index contributed by atoms with van der Waals surface area (Å²) in [5, 5.41) is 7.75. The van der Waals surface area contributed by atoms with Gasteiger partial charge in [-0.15, -0.1) is 0 Å². The molecule has 2 N–H and O–H groups in total. The molecule has 20 heavy (non-hydrogen) atoms. The Hall–Kier alpha value is -2.40. The minimum atomic E-state index is -0.213. The van der Waals surface area contributed by atoms with E-state index in [0.717, 1.165) is 22.1 Å². The number of fused-ring (bicyclic) bond motifs is 1. The highest BCUT2D eigenvalue weighted by molar-refractivity contribution is 7.80. The zero-order chi connectivity index (χ0) is 14.1. The molecule has 0 aliphatic carbocycles. The molecule has 1 amide bonds. The van der Waals surface area contributed by atoms with Gasteiger partial charge in [-0.25, -0.2) is 0 Å². The summed E-state index contributed by atoms with van der Waals surface area (Å²) >= 11 is 4.92. The Kier molecular flexibility index (Phi) is 3.12. The summed E-state index contributed by atoms with van der Waals surface area (Å²) in [7, 11) is 1.64. The van der Waals surface area contributed by atoms with Crippen LogP contribution in [0.1, 0.15) is 5.56 Å². The van der Waals surface area contributed by atoms with Gasteiger partial charge in [0.15, 0.2) is 5.11 Å². The quantitative estimate of drug-likeness (QED) is 0.655. The molecule has 100 valence electrons. The third-order valence-corrected chi connectivity index (χ3v) is 3.36. The van der Waals surface area contributed by atoms with Crippen molar-refractivity contribution >= 4 is 40.1 Å². The molecule has 0 radical (unpaired) electrons. The maximum Gasteiger partial charge on any atom is 0.273 e. The normalized spacial score (nSPS) is 16.4. The Morgan fingerprint density at radius 3 is 2.50 bits per heavy atom. The molecule has 0 aromatic heterocycles. The highest BCUT2D eigenvalue weighted by Gasteiger charge is 2.20. The van der Waals surface area contributed by atoms with E-state index in [9.17, 15) is 4.79 Å². The number of amides is 1. The van der Waals surface area contributed by atoms with Gasteiger partial charge in [0.05, 0.1) is 7.11 Å². The van der Waals surface area contributed by atoms with Crippen molar-refractivity contribution in [3.63, 3.8) is 0 Å². The number of methoxy groups -OCH3 is 1. The molecule has 5 heteroatoms. The first-order valence-electron chi connectivity index (χ1n) is 6.09. The number of carbonyl (C=O) groups is 1. The fourth-order valence-corrected chi connectivity index (χ4v) is 2.44. The summed E-state index contributed by atoms with van der Waals surface area (Å²) < 4.78 is 5.35. The summed E-state index contributed by atoms with van der Waals surface area (Å²) in [6, 6.07) is 11.7. The fraction of sp³-hybridized carbons (Fsp3) is 0.0667. The maximum atomic E-state index is 11.7. The topological polar surface area (TPSA) is 50.4 Å². The average Bonchev–Trinajstić information content (AvgIpc) is 2.77.